The summed E-state index contributed by atoms with van der Waals surface area (Å²) in [5.74, 6) is 0.291. The van der Waals surface area contributed by atoms with Gasteiger partial charge in [-0.2, -0.15) is 0 Å². The Balaban J connectivity index is 1.62. The first-order valence-electron chi connectivity index (χ1n) is 9.20. The molecule has 4 aromatic rings. The predicted molar refractivity (Wildman–Crippen MR) is 111 cm³/mol. The second-order valence-electron chi connectivity index (χ2n) is 6.45. The van der Waals surface area contributed by atoms with Crippen molar-refractivity contribution in [2.24, 2.45) is 0 Å². The number of benzene rings is 3. The molecule has 6 heteroatoms. The van der Waals surface area contributed by atoms with Gasteiger partial charge in [-0.05, 0) is 36.4 Å². The lowest BCUT2D eigenvalue weighted by Crippen LogP contribution is -2.13. The van der Waals surface area contributed by atoms with Gasteiger partial charge in [-0.1, -0.05) is 25.1 Å². The zero-order valence-electron chi connectivity index (χ0n) is 16.0. The van der Waals surface area contributed by atoms with Gasteiger partial charge >= 0.3 is 5.97 Å². The van der Waals surface area contributed by atoms with E-state index in [0.717, 1.165) is 16.4 Å². The van der Waals surface area contributed by atoms with E-state index < -0.39 is 0 Å². The zero-order valence-corrected chi connectivity index (χ0v) is 16.0. The summed E-state index contributed by atoms with van der Waals surface area (Å²) in [7, 11) is 1.55. The highest BCUT2D eigenvalue weighted by atomic mass is 16.5. The van der Waals surface area contributed by atoms with Crippen LogP contribution in [-0.4, -0.2) is 19.0 Å². The van der Waals surface area contributed by atoms with Gasteiger partial charge in [0.2, 0.25) is 0 Å². The van der Waals surface area contributed by atoms with E-state index >= 15 is 0 Å². The topological polar surface area (TPSA) is 77.8 Å². The van der Waals surface area contributed by atoms with Crippen LogP contribution < -0.4 is 14.8 Å². The van der Waals surface area contributed by atoms with E-state index in [4.69, 9.17) is 13.9 Å². The number of methoxy groups -OCH3 is 1. The first-order valence-corrected chi connectivity index (χ1v) is 9.20. The lowest BCUT2D eigenvalue weighted by atomic mass is 10.1. The Morgan fingerprint density at radius 1 is 0.966 bits per heavy atom. The summed E-state index contributed by atoms with van der Waals surface area (Å²) in [6.45, 7) is 1.72. The van der Waals surface area contributed by atoms with Gasteiger partial charge < -0.3 is 19.2 Å². The van der Waals surface area contributed by atoms with Crippen LogP contribution in [0.15, 0.2) is 65.1 Å². The molecule has 6 nitrogen and oxygen atoms in total. The molecule has 1 heterocycles. The number of para-hydroxylation sites is 1. The van der Waals surface area contributed by atoms with Gasteiger partial charge in [0.1, 0.15) is 22.7 Å². The van der Waals surface area contributed by atoms with Gasteiger partial charge in [-0.25, -0.2) is 0 Å². The fraction of sp³-hybridized carbons (Fsp3) is 0.130. The molecule has 0 aliphatic heterocycles. The van der Waals surface area contributed by atoms with Gasteiger partial charge in [0.15, 0.2) is 0 Å². The Bertz CT molecular complexity index is 1210. The van der Waals surface area contributed by atoms with E-state index in [1.54, 1.807) is 44.4 Å². The molecule has 4 rings (SSSR count). The third kappa shape index (κ3) is 3.65. The minimum absolute atomic E-state index is 0.284. The molecule has 0 saturated carbocycles. The number of anilines is 1. The van der Waals surface area contributed by atoms with E-state index in [2.05, 4.69) is 5.32 Å². The molecule has 0 saturated heterocycles. The number of rotatable bonds is 5. The summed E-state index contributed by atoms with van der Waals surface area (Å²) in [6, 6.07) is 17.7. The Kier molecular flexibility index (Phi) is 4.91. The average Bonchev–Trinajstić information content (AvgIpc) is 3.10. The maximum Gasteiger partial charge on any atom is 0.310 e. The molecular weight excluding hydrogens is 370 g/mol. The van der Waals surface area contributed by atoms with Crippen LogP contribution in [0.25, 0.3) is 21.9 Å². The third-order valence-corrected chi connectivity index (χ3v) is 4.58. The highest BCUT2D eigenvalue weighted by Crippen LogP contribution is 2.36. The molecule has 1 N–H and O–H groups in total. The van der Waals surface area contributed by atoms with Crippen LogP contribution in [0.3, 0.4) is 0 Å². The largest absolute Gasteiger partial charge is 0.495 e. The molecule has 146 valence electrons. The smallest absolute Gasteiger partial charge is 0.310 e. The number of esters is 1. The Hall–Kier alpha value is -3.80. The fourth-order valence-electron chi connectivity index (χ4n) is 3.09. The van der Waals surface area contributed by atoms with Crippen molar-refractivity contribution in [3.05, 3.63) is 66.2 Å². The molecule has 0 radical (unpaired) electrons. The van der Waals surface area contributed by atoms with Crippen LogP contribution in [0, 0.1) is 0 Å². The molecule has 1 aromatic heterocycles. The average molecular weight is 389 g/mol. The van der Waals surface area contributed by atoms with Crippen LogP contribution in [0.2, 0.25) is 0 Å². The number of furan rings is 1. The molecular formula is C23H19NO5. The van der Waals surface area contributed by atoms with Crippen molar-refractivity contribution in [3.63, 3.8) is 0 Å². The minimum Gasteiger partial charge on any atom is -0.495 e. The number of amides is 1. The molecule has 0 atom stereocenters. The third-order valence-electron chi connectivity index (χ3n) is 4.58. The van der Waals surface area contributed by atoms with Crippen molar-refractivity contribution in [2.75, 3.05) is 12.4 Å². The van der Waals surface area contributed by atoms with Crippen molar-refractivity contribution in [1.29, 1.82) is 0 Å². The van der Waals surface area contributed by atoms with E-state index in [1.807, 2.05) is 30.3 Å². The first-order chi connectivity index (χ1) is 14.1. The fourth-order valence-corrected chi connectivity index (χ4v) is 3.09. The van der Waals surface area contributed by atoms with E-state index in [1.165, 1.54) is 0 Å². The second-order valence-corrected chi connectivity index (χ2v) is 6.45. The molecule has 0 bridgehead atoms. The first kappa shape index (κ1) is 18.6. The Labute approximate surface area is 167 Å². The number of ether oxygens (including phenoxy) is 2. The number of carbonyl (C=O) groups is 2. The number of hydrogen-bond donors (Lipinski definition) is 1. The highest BCUT2D eigenvalue weighted by molar-refractivity contribution is 6.10. The van der Waals surface area contributed by atoms with Crippen molar-refractivity contribution in [2.45, 2.75) is 13.3 Å². The quantitative estimate of drug-likeness (QED) is 0.377. The van der Waals surface area contributed by atoms with Gasteiger partial charge in [-0.3, -0.25) is 9.59 Å². The zero-order chi connectivity index (χ0) is 20.4. The maximum absolute atomic E-state index is 12.7. The number of nitrogens with one attached hydrogen (secondary N) is 1. The molecule has 0 aliphatic rings. The predicted octanol–water partition coefficient (Wildman–Crippen LogP) is 5.16. The summed E-state index contributed by atoms with van der Waals surface area (Å²) >= 11 is 0. The summed E-state index contributed by atoms with van der Waals surface area (Å²) in [5.41, 5.74) is 2.35. The molecule has 0 fully saturated rings. The minimum atomic E-state index is -0.328. The molecule has 1 amide bonds. The van der Waals surface area contributed by atoms with Crippen molar-refractivity contribution >= 4 is 39.5 Å². The monoisotopic (exact) mass is 389 g/mol. The summed E-state index contributed by atoms with van der Waals surface area (Å²) in [4.78, 5) is 24.0. The highest BCUT2D eigenvalue weighted by Gasteiger charge is 2.15. The number of fused-ring (bicyclic) bond motifs is 3. The molecule has 29 heavy (non-hydrogen) atoms. The standard InChI is InChI=1S/C23H19NO5/c1-3-22(25)28-15-10-8-14(9-11-15)23(26)24-18-13-20-17(12-21(18)27-2)16-6-4-5-7-19(16)29-20/h4-13H,3H2,1-2H3,(H,24,26). The molecule has 0 unspecified atom stereocenters. The van der Waals surface area contributed by atoms with Crippen molar-refractivity contribution in [3.8, 4) is 11.5 Å². The SMILES string of the molecule is CCC(=O)Oc1ccc(C(=O)Nc2cc3oc4ccccc4c3cc2OC)cc1. The maximum atomic E-state index is 12.7. The van der Waals surface area contributed by atoms with E-state index in [9.17, 15) is 9.59 Å². The van der Waals surface area contributed by atoms with Gasteiger partial charge in [0, 0.05) is 28.8 Å². The lowest BCUT2D eigenvalue weighted by Gasteiger charge is -2.11. The van der Waals surface area contributed by atoms with Crippen molar-refractivity contribution < 1.29 is 23.5 Å². The number of hydrogen-bond acceptors (Lipinski definition) is 5. The van der Waals surface area contributed by atoms with Crippen molar-refractivity contribution in [1.82, 2.24) is 0 Å². The molecule has 3 aromatic carbocycles. The van der Waals surface area contributed by atoms with Crippen LogP contribution in [0.4, 0.5) is 5.69 Å². The Morgan fingerprint density at radius 3 is 2.45 bits per heavy atom. The number of carbonyl (C=O) groups excluding carboxylic acids is 2. The van der Waals surface area contributed by atoms with Gasteiger partial charge in [-0.15, -0.1) is 0 Å². The summed E-state index contributed by atoms with van der Waals surface area (Å²) in [6.07, 6.45) is 0.284. The summed E-state index contributed by atoms with van der Waals surface area (Å²) < 4.78 is 16.5. The summed E-state index contributed by atoms with van der Waals surface area (Å²) in [5, 5.41) is 4.75. The van der Waals surface area contributed by atoms with E-state index in [0.29, 0.717) is 28.3 Å². The lowest BCUT2D eigenvalue weighted by molar-refractivity contribution is -0.134. The van der Waals surface area contributed by atoms with Crippen LogP contribution >= 0.6 is 0 Å². The molecule has 0 aliphatic carbocycles. The van der Waals surface area contributed by atoms with Gasteiger partial charge in [0.05, 0.1) is 12.8 Å². The molecule has 0 spiro atoms. The van der Waals surface area contributed by atoms with Crippen LogP contribution in [-0.2, 0) is 4.79 Å². The van der Waals surface area contributed by atoms with Gasteiger partial charge in [0.25, 0.3) is 5.91 Å². The second kappa shape index (κ2) is 7.67. The van der Waals surface area contributed by atoms with Crippen LogP contribution in [0.5, 0.6) is 11.5 Å². The van der Waals surface area contributed by atoms with E-state index in [-0.39, 0.29) is 18.3 Å². The normalized spacial score (nSPS) is 10.8. The van der Waals surface area contributed by atoms with Crippen LogP contribution in [0.1, 0.15) is 23.7 Å². The Morgan fingerprint density at radius 2 is 1.72 bits per heavy atom.